The molecule has 2 rings (SSSR count). The van der Waals surface area contributed by atoms with Gasteiger partial charge in [-0.05, 0) is 47.1 Å². The van der Waals surface area contributed by atoms with Crippen LogP contribution in [0.5, 0.6) is 5.75 Å². The molecule has 0 aliphatic rings. The summed E-state index contributed by atoms with van der Waals surface area (Å²) in [5.41, 5.74) is 5.46. The Labute approximate surface area is 134 Å². The number of nitrogens with two attached hydrogens (primary N) is 1. The van der Waals surface area contributed by atoms with Crippen molar-refractivity contribution >= 4 is 21.7 Å². The van der Waals surface area contributed by atoms with Gasteiger partial charge in [0.25, 0.3) is 5.92 Å². The van der Waals surface area contributed by atoms with E-state index in [4.69, 9.17) is 10.5 Å². The summed E-state index contributed by atoms with van der Waals surface area (Å²) in [7, 11) is 0. The molecular weight excluding hydrogens is 361 g/mol. The van der Waals surface area contributed by atoms with Crippen LogP contribution in [-0.4, -0.2) is 4.98 Å². The quantitative estimate of drug-likeness (QED) is 0.834. The number of nitrogen functional groups attached to an aromatic ring is 1. The number of halogens is 4. The zero-order valence-electron chi connectivity index (χ0n) is 11.9. The first-order chi connectivity index (χ1) is 10.2. The molecule has 0 saturated heterocycles. The lowest BCUT2D eigenvalue weighted by Crippen LogP contribution is -2.15. The fourth-order valence-corrected chi connectivity index (χ4v) is 2.36. The number of hydrogen-bond acceptors (Lipinski definition) is 3. The highest BCUT2D eigenvalue weighted by Crippen LogP contribution is 2.36. The summed E-state index contributed by atoms with van der Waals surface area (Å²) in [6, 6.07) is 4.67. The molecule has 7 heteroatoms. The molecule has 0 fully saturated rings. The maximum Gasteiger partial charge on any atom is 0.270 e. The standard InChI is InChI=1S/C15H14BrF3N2O/c1-8(22-13-5-9(16)7-21-14(13)20)11-6-10(17)3-4-12(11)15(2,18)19/h3-8H,1-2H3,(H2,20,21). The summed E-state index contributed by atoms with van der Waals surface area (Å²) in [4.78, 5) is 3.90. The zero-order chi connectivity index (χ0) is 16.5. The molecule has 1 heterocycles. The first-order valence-electron chi connectivity index (χ1n) is 6.44. The van der Waals surface area contributed by atoms with E-state index in [1.165, 1.54) is 6.20 Å². The van der Waals surface area contributed by atoms with Gasteiger partial charge < -0.3 is 10.5 Å². The van der Waals surface area contributed by atoms with Crippen molar-refractivity contribution in [2.45, 2.75) is 25.9 Å². The molecule has 0 saturated carbocycles. The third-order valence-corrected chi connectivity index (χ3v) is 3.51. The lowest BCUT2D eigenvalue weighted by molar-refractivity contribution is 0.0145. The van der Waals surface area contributed by atoms with E-state index in [0.29, 0.717) is 4.47 Å². The van der Waals surface area contributed by atoms with Gasteiger partial charge in [0.15, 0.2) is 11.6 Å². The number of pyridine rings is 1. The maximum atomic E-state index is 13.7. The molecule has 2 N–H and O–H groups in total. The van der Waals surface area contributed by atoms with Gasteiger partial charge in [-0.3, -0.25) is 0 Å². The van der Waals surface area contributed by atoms with Crippen molar-refractivity contribution in [2.24, 2.45) is 0 Å². The largest absolute Gasteiger partial charge is 0.482 e. The third-order valence-electron chi connectivity index (χ3n) is 3.08. The molecule has 0 radical (unpaired) electrons. The Kier molecular flexibility index (Phi) is 4.65. The molecule has 1 aromatic carbocycles. The topological polar surface area (TPSA) is 48.1 Å². The third kappa shape index (κ3) is 3.71. The molecule has 0 bridgehead atoms. The Morgan fingerprint density at radius 3 is 2.64 bits per heavy atom. The number of anilines is 1. The average molecular weight is 375 g/mol. The Morgan fingerprint density at radius 1 is 1.32 bits per heavy atom. The van der Waals surface area contributed by atoms with Crippen LogP contribution in [0.2, 0.25) is 0 Å². The highest BCUT2D eigenvalue weighted by Gasteiger charge is 2.30. The van der Waals surface area contributed by atoms with Crippen LogP contribution in [0, 0.1) is 5.82 Å². The van der Waals surface area contributed by atoms with E-state index in [1.54, 1.807) is 13.0 Å². The van der Waals surface area contributed by atoms with E-state index in [0.717, 1.165) is 25.1 Å². The lowest BCUT2D eigenvalue weighted by Gasteiger charge is -2.22. The van der Waals surface area contributed by atoms with Crippen LogP contribution in [0.1, 0.15) is 31.1 Å². The minimum absolute atomic E-state index is 0.0619. The van der Waals surface area contributed by atoms with Gasteiger partial charge in [-0.1, -0.05) is 0 Å². The predicted octanol–water partition coefficient (Wildman–Crippen LogP) is 4.82. The first-order valence-corrected chi connectivity index (χ1v) is 7.23. The average Bonchev–Trinajstić information content (AvgIpc) is 2.41. The van der Waals surface area contributed by atoms with E-state index in [2.05, 4.69) is 20.9 Å². The highest BCUT2D eigenvalue weighted by molar-refractivity contribution is 9.10. The number of ether oxygens (including phenoxy) is 1. The van der Waals surface area contributed by atoms with Crippen LogP contribution in [0.25, 0.3) is 0 Å². The van der Waals surface area contributed by atoms with E-state index in [1.807, 2.05) is 0 Å². The van der Waals surface area contributed by atoms with Gasteiger partial charge in [-0.15, -0.1) is 0 Å². The smallest absolute Gasteiger partial charge is 0.270 e. The van der Waals surface area contributed by atoms with Crippen molar-refractivity contribution in [3.05, 3.63) is 51.9 Å². The van der Waals surface area contributed by atoms with Crippen molar-refractivity contribution < 1.29 is 17.9 Å². The number of rotatable bonds is 4. The fourth-order valence-electron chi connectivity index (χ4n) is 2.05. The Morgan fingerprint density at radius 2 is 2.00 bits per heavy atom. The molecule has 1 unspecified atom stereocenters. The molecule has 22 heavy (non-hydrogen) atoms. The molecular formula is C15H14BrF3N2O. The van der Waals surface area contributed by atoms with Crippen molar-refractivity contribution in [3.8, 4) is 5.75 Å². The Bertz CT molecular complexity index is 689. The summed E-state index contributed by atoms with van der Waals surface area (Å²) in [6.07, 6.45) is 0.663. The Balaban J connectivity index is 2.39. The number of alkyl halides is 2. The summed E-state index contributed by atoms with van der Waals surface area (Å²) < 4.78 is 47.0. The second-order valence-electron chi connectivity index (χ2n) is 4.92. The molecule has 2 aromatic rings. The summed E-state index contributed by atoms with van der Waals surface area (Å²) in [6.45, 7) is 2.30. The number of nitrogens with zero attached hydrogens (tertiary/aromatic N) is 1. The van der Waals surface area contributed by atoms with Gasteiger partial charge in [0.05, 0.1) is 0 Å². The van der Waals surface area contributed by atoms with Gasteiger partial charge >= 0.3 is 0 Å². The maximum absolute atomic E-state index is 13.7. The molecule has 118 valence electrons. The minimum atomic E-state index is -3.11. The summed E-state index contributed by atoms with van der Waals surface area (Å²) in [5, 5.41) is 0. The zero-order valence-corrected chi connectivity index (χ0v) is 13.5. The normalized spacial score (nSPS) is 13.0. The van der Waals surface area contributed by atoms with Gasteiger partial charge in [0.2, 0.25) is 0 Å². The summed E-state index contributed by atoms with van der Waals surface area (Å²) in [5.74, 6) is -3.37. The molecule has 0 amide bonds. The molecule has 0 spiro atoms. The van der Waals surface area contributed by atoms with Gasteiger partial charge in [0.1, 0.15) is 11.9 Å². The van der Waals surface area contributed by atoms with E-state index in [-0.39, 0.29) is 22.7 Å². The second-order valence-corrected chi connectivity index (χ2v) is 5.83. The highest BCUT2D eigenvalue weighted by atomic mass is 79.9. The van der Waals surface area contributed by atoms with Gasteiger partial charge in [0, 0.05) is 28.7 Å². The SMILES string of the molecule is CC(Oc1cc(Br)cnc1N)c1cc(F)ccc1C(C)(F)F. The van der Waals surface area contributed by atoms with Crippen molar-refractivity contribution in [1.82, 2.24) is 4.98 Å². The molecule has 0 aliphatic heterocycles. The fraction of sp³-hybridized carbons (Fsp3) is 0.267. The Hall–Kier alpha value is -1.76. The van der Waals surface area contributed by atoms with E-state index < -0.39 is 17.8 Å². The van der Waals surface area contributed by atoms with Gasteiger partial charge in [-0.25, -0.2) is 18.2 Å². The van der Waals surface area contributed by atoms with Crippen LogP contribution in [-0.2, 0) is 5.92 Å². The number of benzene rings is 1. The summed E-state index contributed by atoms with van der Waals surface area (Å²) >= 11 is 3.22. The number of aromatic nitrogens is 1. The van der Waals surface area contributed by atoms with Crippen LogP contribution >= 0.6 is 15.9 Å². The molecule has 3 nitrogen and oxygen atoms in total. The first kappa shape index (κ1) is 16.6. The van der Waals surface area contributed by atoms with Crippen molar-refractivity contribution in [2.75, 3.05) is 5.73 Å². The predicted molar refractivity (Wildman–Crippen MR) is 81.4 cm³/mol. The molecule has 1 atom stereocenters. The van der Waals surface area contributed by atoms with Crippen molar-refractivity contribution in [3.63, 3.8) is 0 Å². The van der Waals surface area contributed by atoms with Crippen molar-refractivity contribution in [1.29, 1.82) is 0 Å². The molecule has 0 aliphatic carbocycles. The number of hydrogen-bond donors (Lipinski definition) is 1. The van der Waals surface area contributed by atoms with Crippen LogP contribution < -0.4 is 10.5 Å². The molecule has 1 aromatic heterocycles. The van der Waals surface area contributed by atoms with Crippen LogP contribution in [0.4, 0.5) is 19.0 Å². The lowest BCUT2D eigenvalue weighted by atomic mass is 9.98. The van der Waals surface area contributed by atoms with Crippen LogP contribution in [0.15, 0.2) is 34.9 Å². The van der Waals surface area contributed by atoms with Crippen LogP contribution in [0.3, 0.4) is 0 Å². The monoisotopic (exact) mass is 374 g/mol. The van der Waals surface area contributed by atoms with E-state index in [9.17, 15) is 13.2 Å². The minimum Gasteiger partial charge on any atom is -0.482 e. The van der Waals surface area contributed by atoms with E-state index >= 15 is 0 Å². The second kappa shape index (κ2) is 6.16. The van der Waals surface area contributed by atoms with Gasteiger partial charge in [-0.2, -0.15) is 0 Å².